The van der Waals surface area contributed by atoms with E-state index in [0.717, 1.165) is 21.3 Å². The van der Waals surface area contributed by atoms with Crippen LogP contribution in [0.4, 0.5) is 5.13 Å². The van der Waals surface area contributed by atoms with Crippen LogP contribution in [0.15, 0.2) is 30.6 Å². The summed E-state index contributed by atoms with van der Waals surface area (Å²) in [5.41, 5.74) is 2.99. The molecule has 1 amide bonds. The zero-order valence-corrected chi connectivity index (χ0v) is 9.49. The van der Waals surface area contributed by atoms with Gasteiger partial charge in [-0.1, -0.05) is 17.4 Å². The molecule has 84 valence electrons. The molecule has 0 unspecified atom stereocenters. The van der Waals surface area contributed by atoms with E-state index < -0.39 is 0 Å². The van der Waals surface area contributed by atoms with E-state index in [-0.39, 0.29) is 0 Å². The second-order valence-corrected chi connectivity index (χ2v) is 4.48. The molecule has 0 aliphatic carbocycles. The highest BCUT2D eigenvalue weighted by molar-refractivity contribution is 7.22. The molecule has 0 bridgehead atoms. The molecule has 2 heterocycles. The molecule has 0 fully saturated rings. The lowest BCUT2D eigenvalue weighted by molar-refractivity contribution is -0.105. The maximum atomic E-state index is 10.3. The Kier molecular flexibility index (Phi) is 2.34. The van der Waals surface area contributed by atoms with Gasteiger partial charge in [0.25, 0.3) is 0 Å². The molecule has 1 aromatic carbocycles. The van der Waals surface area contributed by atoms with Crippen molar-refractivity contribution < 1.29 is 4.79 Å². The van der Waals surface area contributed by atoms with Gasteiger partial charge in [0, 0.05) is 11.8 Å². The molecular weight excluding hydrogens is 236 g/mol. The van der Waals surface area contributed by atoms with Gasteiger partial charge in [0.05, 0.1) is 16.4 Å². The minimum absolute atomic E-state index is 0.611. The number of hydrogen-bond donors (Lipinski definition) is 2. The second-order valence-electron chi connectivity index (χ2n) is 3.45. The Morgan fingerprint density at radius 2 is 2.29 bits per heavy atom. The summed E-state index contributed by atoms with van der Waals surface area (Å²) >= 11 is 1.45. The van der Waals surface area contributed by atoms with Crippen LogP contribution in [-0.4, -0.2) is 21.6 Å². The number of aromatic amines is 1. The maximum absolute atomic E-state index is 10.3. The lowest BCUT2D eigenvalue weighted by atomic mass is 10.1. The number of nitrogens with zero attached hydrogens (tertiary/aromatic N) is 2. The van der Waals surface area contributed by atoms with Crippen LogP contribution in [0.2, 0.25) is 0 Å². The van der Waals surface area contributed by atoms with E-state index in [1.54, 1.807) is 6.20 Å². The molecule has 6 heteroatoms. The molecule has 0 aliphatic heterocycles. The van der Waals surface area contributed by atoms with Gasteiger partial charge in [-0.3, -0.25) is 9.89 Å². The number of thiazole rings is 1. The van der Waals surface area contributed by atoms with Crippen LogP contribution in [0.1, 0.15) is 0 Å². The summed E-state index contributed by atoms with van der Waals surface area (Å²) in [6, 6.07) is 5.95. The van der Waals surface area contributed by atoms with Crippen molar-refractivity contribution in [2.75, 3.05) is 5.32 Å². The van der Waals surface area contributed by atoms with Crippen molar-refractivity contribution in [2.24, 2.45) is 0 Å². The maximum Gasteiger partial charge on any atom is 0.213 e. The van der Waals surface area contributed by atoms with Crippen molar-refractivity contribution >= 4 is 33.1 Å². The summed E-state index contributed by atoms with van der Waals surface area (Å²) in [5.74, 6) is 0. The number of amides is 1. The molecule has 0 aliphatic rings. The Labute approximate surface area is 101 Å². The van der Waals surface area contributed by atoms with E-state index in [2.05, 4.69) is 20.5 Å². The number of anilines is 1. The largest absolute Gasteiger partial charge is 0.305 e. The van der Waals surface area contributed by atoms with Crippen molar-refractivity contribution in [1.29, 1.82) is 0 Å². The standard InChI is InChI=1S/C11H8N4OS/c16-6-12-11-15-9-2-1-7(3-10(9)17-11)8-4-13-14-5-8/h1-6H,(H,13,14)(H,12,15,16). The minimum atomic E-state index is 0.611. The Morgan fingerprint density at radius 1 is 1.35 bits per heavy atom. The summed E-state index contributed by atoms with van der Waals surface area (Å²) < 4.78 is 1.04. The molecule has 3 aromatic rings. The quantitative estimate of drug-likeness (QED) is 0.694. The summed E-state index contributed by atoms with van der Waals surface area (Å²) in [6.45, 7) is 0. The van der Waals surface area contributed by atoms with Gasteiger partial charge in [-0.25, -0.2) is 4.98 Å². The number of hydrogen-bond acceptors (Lipinski definition) is 4. The van der Waals surface area contributed by atoms with Gasteiger partial charge >= 0.3 is 0 Å². The number of fused-ring (bicyclic) bond motifs is 1. The van der Waals surface area contributed by atoms with Crippen LogP contribution in [0.5, 0.6) is 0 Å². The van der Waals surface area contributed by atoms with Crippen molar-refractivity contribution in [3.63, 3.8) is 0 Å². The summed E-state index contributed by atoms with van der Waals surface area (Å²) in [6.07, 6.45) is 4.24. The first-order chi connectivity index (χ1) is 8.36. The molecular formula is C11H8N4OS. The highest BCUT2D eigenvalue weighted by Gasteiger charge is 2.05. The fourth-order valence-electron chi connectivity index (χ4n) is 1.63. The van der Waals surface area contributed by atoms with Gasteiger partial charge in [0.1, 0.15) is 0 Å². The third kappa shape index (κ3) is 1.78. The first-order valence-electron chi connectivity index (χ1n) is 4.97. The number of H-pyrrole nitrogens is 1. The second kappa shape index (κ2) is 3.99. The number of aromatic nitrogens is 3. The molecule has 17 heavy (non-hydrogen) atoms. The van der Waals surface area contributed by atoms with Crippen LogP contribution in [-0.2, 0) is 4.79 Å². The van der Waals surface area contributed by atoms with Gasteiger partial charge in [0.2, 0.25) is 6.41 Å². The molecule has 0 spiro atoms. The highest BCUT2D eigenvalue weighted by Crippen LogP contribution is 2.29. The van der Waals surface area contributed by atoms with Crippen LogP contribution in [0.25, 0.3) is 21.3 Å². The zero-order chi connectivity index (χ0) is 11.7. The van der Waals surface area contributed by atoms with Crippen molar-refractivity contribution in [3.8, 4) is 11.1 Å². The molecule has 0 atom stereocenters. The average molecular weight is 244 g/mol. The van der Waals surface area contributed by atoms with E-state index >= 15 is 0 Å². The molecule has 2 N–H and O–H groups in total. The van der Waals surface area contributed by atoms with Crippen LogP contribution < -0.4 is 5.32 Å². The Balaban J connectivity index is 2.09. The lowest BCUT2D eigenvalue weighted by Gasteiger charge is -1.95. The molecule has 3 rings (SSSR count). The first-order valence-corrected chi connectivity index (χ1v) is 5.78. The van der Waals surface area contributed by atoms with Crippen LogP contribution >= 0.6 is 11.3 Å². The SMILES string of the molecule is O=CNc1nc2ccc(-c3cn[nH]c3)cc2s1. The van der Waals surface area contributed by atoms with Gasteiger partial charge in [-0.2, -0.15) is 5.10 Å². The molecule has 0 saturated heterocycles. The average Bonchev–Trinajstić information content (AvgIpc) is 2.96. The van der Waals surface area contributed by atoms with Gasteiger partial charge in [0.15, 0.2) is 5.13 Å². The zero-order valence-electron chi connectivity index (χ0n) is 8.68. The molecule has 0 radical (unpaired) electrons. The summed E-state index contributed by atoms with van der Waals surface area (Å²) in [5, 5.41) is 9.87. The summed E-state index contributed by atoms with van der Waals surface area (Å²) in [4.78, 5) is 14.6. The van der Waals surface area contributed by atoms with E-state index in [4.69, 9.17) is 0 Å². The van der Waals surface area contributed by atoms with Gasteiger partial charge in [-0.05, 0) is 17.7 Å². The van der Waals surface area contributed by atoms with Gasteiger partial charge in [-0.15, -0.1) is 0 Å². The Bertz CT molecular complexity index is 659. The van der Waals surface area contributed by atoms with Crippen molar-refractivity contribution in [1.82, 2.24) is 15.2 Å². The van der Waals surface area contributed by atoms with Crippen molar-refractivity contribution in [3.05, 3.63) is 30.6 Å². The lowest BCUT2D eigenvalue weighted by Crippen LogP contribution is -1.91. The van der Waals surface area contributed by atoms with Crippen LogP contribution in [0.3, 0.4) is 0 Å². The summed E-state index contributed by atoms with van der Waals surface area (Å²) in [7, 11) is 0. The molecule has 0 saturated carbocycles. The number of carbonyl (C=O) groups is 1. The highest BCUT2D eigenvalue weighted by atomic mass is 32.1. The predicted molar refractivity (Wildman–Crippen MR) is 66.9 cm³/mol. The molecule has 2 aromatic heterocycles. The van der Waals surface area contributed by atoms with Gasteiger partial charge < -0.3 is 5.32 Å². The van der Waals surface area contributed by atoms with E-state index in [1.165, 1.54) is 11.3 Å². The topological polar surface area (TPSA) is 70.7 Å². The Hall–Kier alpha value is -2.21. The normalized spacial score (nSPS) is 10.6. The fraction of sp³-hybridized carbons (Fsp3) is 0. The van der Waals surface area contributed by atoms with Crippen molar-refractivity contribution in [2.45, 2.75) is 0 Å². The monoisotopic (exact) mass is 244 g/mol. The third-order valence-corrected chi connectivity index (χ3v) is 3.35. The van der Waals surface area contributed by atoms with E-state index in [9.17, 15) is 4.79 Å². The number of rotatable bonds is 3. The number of nitrogens with one attached hydrogen (secondary N) is 2. The smallest absolute Gasteiger partial charge is 0.213 e. The minimum Gasteiger partial charge on any atom is -0.305 e. The first kappa shape index (κ1) is 9.98. The fourth-order valence-corrected chi connectivity index (χ4v) is 2.49. The predicted octanol–water partition coefficient (Wildman–Crippen LogP) is 2.25. The molecule has 5 nitrogen and oxygen atoms in total. The van der Waals surface area contributed by atoms with E-state index in [0.29, 0.717) is 11.5 Å². The van der Waals surface area contributed by atoms with Crippen LogP contribution in [0, 0.1) is 0 Å². The number of carbonyl (C=O) groups excluding carboxylic acids is 1. The van der Waals surface area contributed by atoms with E-state index in [1.807, 2.05) is 24.4 Å². The Morgan fingerprint density at radius 3 is 3.06 bits per heavy atom. The number of benzene rings is 1. The third-order valence-electron chi connectivity index (χ3n) is 2.40.